The Morgan fingerprint density at radius 3 is 1.81 bits per heavy atom. The predicted molar refractivity (Wildman–Crippen MR) is 102 cm³/mol. The van der Waals surface area contributed by atoms with Crippen LogP contribution in [0.5, 0.6) is 0 Å². The molecule has 1 saturated carbocycles. The summed E-state index contributed by atoms with van der Waals surface area (Å²) in [6.07, 6.45) is 0.317. The average molecular weight is 402 g/mol. The van der Waals surface area contributed by atoms with Gasteiger partial charge in [-0.05, 0) is 42.9 Å². The van der Waals surface area contributed by atoms with Crippen molar-refractivity contribution in [2.24, 2.45) is 11.7 Å². The quantitative estimate of drug-likeness (QED) is 0.470. The molecule has 0 aliphatic heterocycles. The van der Waals surface area contributed by atoms with Crippen molar-refractivity contribution in [3.8, 4) is 0 Å². The van der Waals surface area contributed by atoms with Gasteiger partial charge in [0.05, 0.1) is 0 Å². The van der Waals surface area contributed by atoms with E-state index in [-0.39, 0.29) is 11.5 Å². The van der Waals surface area contributed by atoms with Gasteiger partial charge >= 0.3 is 11.9 Å². The van der Waals surface area contributed by atoms with E-state index in [1.54, 1.807) is 0 Å². The van der Waals surface area contributed by atoms with Crippen LogP contribution in [0, 0.1) is 5.92 Å². The highest BCUT2D eigenvalue weighted by Gasteiger charge is 2.43. The number of carboxylic acids is 2. The zero-order valence-electron chi connectivity index (χ0n) is 15.5. The zero-order valence-corrected chi connectivity index (χ0v) is 16.3. The standard InChI is InChI=1S/C15H22ClN.C4H6O6/c1-11(2)10-14(17)15(8-3-9-15)12-4-6-13(16)7-5-12;5-1(3(7)8)2(6)4(9)10/h4-7,11,14H,3,8-10,17H2,1-2H3;1-2,5-6H,(H,7,8)(H,9,10)/t14-;/m1./s1. The van der Waals surface area contributed by atoms with E-state index in [1.807, 2.05) is 12.1 Å². The number of nitrogens with two attached hydrogens (primary N) is 1. The van der Waals surface area contributed by atoms with Crippen LogP contribution < -0.4 is 5.73 Å². The third-order valence-corrected chi connectivity index (χ3v) is 5.16. The highest BCUT2D eigenvalue weighted by molar-refractivity contribution is 6.30. The lowest BCUT2D eigenvalue weighted by atomic mass is 9.59. The predicted octanol–water partition coefficient (Wildman–Crippen LogP) is 2.01. The third kappa shape index (κ3) is 6.17. The SMILES string of the molecule is CC(C)C[C@@H](N)C1(c2ccc(Cl)cc2)CCC1.O=C(O)C(O)C(O)C(=O)O. The number of benzene rings is 1. The number of aliphatic carboxylic acids is 2. The fourth-order valence-electron chi connectivity index (χ4n) is 3.22. The minimum absolute atomic E-state index is 0.217. The van der Waals surface area contributed by atoms with E-state index >= 15 is 0 Å². The first kappa shape index (κ1) is 23.4. The molecule has 2 unspecified atom stereocenters. The number of hydrogen-bond donors (Lipinski definition) is 5. The van der Waals surface area contributed by atoms with E-state index in [2.05, 4.69) is 26.0 Å². The molecule has 0 saturated heterocycles. The molecule has 1 aliphatic carbocycles. The van der Waals surface area contributed by atoms with Gasteiger partial charge in [0.25, 0.3) is 0 Å². The van der Waals surface area contributed by atoms with Crippen molar-refractivity contribution < 1.29 is 30.0 Å². The number of carboxylic acid groups (broad SMARTS) is 2. The molecule has 0 bridgehead atoms. The number of rotatable bonds is 7. The van der Waals surface area contributed by atoms with E-state index in [9.17, 15) is 9.59 Å². The lowest BCUT2D eigenvalue weighted by molar-refractivity contribution is -0.165. The lowest BCUT2D eigenvalue weighted by Crippen LogP contribution is -2.50. The maximum Gasteiger partial charge on any atom is 0.335 e. The Labute approximate surface area is 163 Å². The summed E-state index contributed by atoms with van der Waals surface area (Å²) in [5, 5.41) is 33.3. The van der Waals surface area contributed by atoms with Crippen molar-refractivity contribution in [3.63, 3.8) is 0 Å². The van der Waals surface area contributed by atoms with Gasteiger partial charge in [-0.15, -0.1) is 0 Å². The van der Waals surface area contributed by atoms with Gasteiger partial charge in [0, 0.05) is 16.5 Å². The first-order valence-corrected chi connectivity index (χ1v) is 9.22. The molecule has 8 heteroatoms. The number of carbonyl (C=O) groups is 2. The second-order valence-electron chi connectivity index (χ2n) is 7.32. The average Bonchev–Trinajstić information content (AvgIpc) is 2.53. The van der Waals surface area contributed by atoms with Gasteiger partial charge in [-0.1, -0.05) is 44.0 Å². The smallest absolute Gasteiger partial charge is 0.335 e. The van der Waals surface area contributed by atoms with E-state index in [1.165, 1.54) is 24.8 Å². The Morgan fingerprint density at radius 1 is 1.07 bits per heavy atom. The number of hydrogen-bond acceptors (Lipinski definition) is 5. The van der Waals surface area contributed by atoms with Crippen LogP contribution in [0.15, 0.2) is 24.3 Å². The summed E-state index contributed by atoms with van der Waals surface area (Å²) in [4.78, 5) is 19.5. The van der Waals surface area contributed by atoms with Crippen molar-refractivity contribution in [3.05, 3.63) is 34.9 Å². The van der Waals surface area contributed by atoms with Crippen molar-refractivity contribution in [1.82, 2.24) is 0 Å². The maximum absolute atomic E-state index is 9.77. The first-order chi connectivity index (χ1) is 12.5. The molecule has 6 N–H and O–H groups in total. The summed E-state index contributed by atoms with van der Waals surface area (Å²) >= 11 is 5.96. The molecule has 1 fully saturated rings. The molecule has 0 aromatic heterocycles. The molecule has 0 heterocycles. The fourth-order valence-corrected chi connectivity index (χ4v) is 3.34. The maximum atomic E-state index is 9.77. The number of aliphatic hydroxyl groups excluding tert-OH is 2. The molecule has 0 amide bonds. The minimum Gasteiger partial charge on any atom is -0.479 e. The summed E-state index contributed by atoms with van der Waals surface area (Å²) in [5.74, 6) is -2.88. The van der Waals surface area contributed by atoms with E-state index < -0.39 is 24.1 Å². The molecule has 0 spiro atoms. The third-order valence-electron chi connectivity index (χ3n) is 4.91. The van der Waals surface area contributed by atoms with Crippen LogP contribution in [0.1, 0.15) is 45.1 Å². The van der Waals surface area contributed by atoms with Crippen LogP contribution in [-0.4, -0.2) is 50.6 Å². The van der Waals surface area contributed by atoms with Crippen LogP contribution in [0.3, 0.4) is 0 Å². The Morgan fingerprint density at radius 2 is 1.52 bits per heavy atom. The minimum atomic E-state index is -2.27. The van der Waals surface area contributed by atoms with Gasteiger partial charge in [-0.25, -0.2) is 9.59 Å². The molecule has 1 aromatic carbocycles. The van der Waals surface area contributed by atoms with Crippen LogP contribution in [0.25, 0.3) is 0 Å². The second kappa shape index (κ2) is 10.0. The Bertz CT molecular complexity index is 612. The normalized spacial score (nSPS) is 18.5. The van der Waals surface area contributed by atoms with Gasteiger partial charge in [-0.2, -0.15) is 0 Å². The van der Waals surface area contributed by atoms with Gasteiger partial charge < -0.3 is 26.2 Å². The van der Waals surface area contributed by atoms with E-state index in [4.69, 9.17) is 37.8 Å². The molecule has 2 rings (SSSR count). The molecule has 152 valence electrons. The Hall–Kier alpha value is -1.67. The fraction of sp³-hybridized carbons (Fsp3) is 0.579. The first-order valence-electron chi connectivity index (χ1n) is 8.84. The summed E-state index contributed by atoms with van der Waals surface area (Å²) < 4.78 is 0. The molecule has 1 aliphatic rings. The van der Waals surface area contributed by atoms with Gasteiger partial charge in [0.15, 0.2) is 12.2 Å². The van der Waals surface area contributed by atoms with Crippen molar-refractivity contribution in [2.45, 2.75) is 63.2 Å². The van der Waals surface area contributed by atoms with Crippen molar-refractivity contribution in [1.29, 1.82) is 0 Å². The van der Waals surface area contributed by atoms with Gasteiger partial charge in [0.1, 0.15) is 0 Å². The van der Waals surface area contributed by atoms with Crippen LogP contribution >= 0.6 is 11.6 Å². The highest BCUT2D eigenvalue weighted by Crippen LogP contribution is 2.47. The van der Waals surface area contributed by atoms with Crippen LogP contribution in [0.4, 0.5) is 0 Å². The largest absolute Gasteiger partial charge is 0.479 e. The van der Waals surface area contributed by atoms with Crippen molar-refractivity contribution >= 4 is 23.5 Å². The van der Waals surface area contributed by atoms with E-state index in [0.29, 0.717) is 5.92 Å². The lowest BCUT2D eigenvalue weighted by Gasteiger charge is -2.47. The Balaban J connectivity index is 0.000000314. The molecule has 0 radical (unpaired) electrons. The summed E-state index contributed by atoms with van der Waals surface area (Å²) in [5.41, 5.74) is 8.05. The summed E-state index contributed by atoms with van der Waals surface area (Å²) in [7, 11) is 0. The van der Waals surface area contributed by atoms with Crippen LogP contribution in [-0.2, 0) is 15.0 Å². The highest BCUT2D eigenvalue weighted by atomic mass is 35.5. The van der Waals surface area contributed by atoms with E-state index in [0.717, 1.165) is 11.4 Å². The van der Waals surface area contributed by atoms with Gasteiger partial charge in [0.2, 0.25) is 0 Å². The molecule has 7 nitrogen and oxygen atoms in total. The monoisotopic (exact) mass is 401 g/mol. The molecular formula is C19H28ClNO6. The second-order valence-corrected chi connectivity index (χ2v) is 7.76. The molecule has 27 heavy (non-hydrogen) atoms. The molecular weight excluding hydrogens is 374 g/mol. The summed E-state index contributed by atoms with van der Waals surface area (Å²) in [6.45, 7) is 4.49. The van der Waals surface area contributed by atoms with Crippen molar-refractivity contribution in [2.75, 3.05) is 0 Å². The Kier molecular flexibility index (Phi) is 8.68. The van der Waals surface area contributed by atoms with Gasteiger partial charge in [-0.3, -0.25) is 0 Å². The molecule has 1 aromatic rings. The van der Waals surface area contributed by atoms with Crippen LogP contribution in [0.2, 0.25) is 5.02 Å². The summed E-state index contributed by atoms with van der Waals surface area (Å²) in [6, 6.07) is 8.55. The molecule has 3 atom stereocenters. The number of halogens is 1. The topological polar surface area (TPSA) is 141 Å². The number of aliphatic hydroxyl groups is 2. The zero-order chi connectivity index (χ0) is 20.8.